The molecule has 22 heavy (non-hydrogen) atoms. The molecule has 0 unspecified atom stereocenters. The SMILES string of the molecule is CC(C)COc1ccc(NC(=O)c2c(F)cccc2Cl)cc1. The van der Waals surface area contributed by atoms with E-state index in [1.807, 2.05) is 0 Å². The van der Waals surface area contributed by atoms with Crippen molar-refractivity contribution in [1.82, 2.24) is 0 Å². The minimum atomic E-state index is -0.651. The lowest BCUT2D eigenvalue weighted by Gasteiger charge is -2.10. The molecule has 0 atom stereocenters. The van der Waals surface area contributed by atoms with E-state index in [4.69, 9.17) is 16.3 Å². The molecule has 1 amide bonds. The number of carbonyl (C=O) groups excluding carboxylic acids is 1. The summed E-state index contributed by atoms with van der Waals surface area (Å²) < 4.78 is 19.2. The number of amides is 1. The molecule has 0 radical (unpaired) electrons. The van der Waals surface area contributed by atoms with Crippen molar-refractivity contribution in [3.05, 3.63) is 58.9 Å². The van der Waals surface area contributed by atoms with Gasteiger partial charge in [0.1, 0.15) is 11.6 Å². The molecule has 2 rings (SSSR count). The summed E-state index contributed by atoms with van der Waals surface area (Å²) in [5.74, 6) is -0.0842. The summed E-state index contributed by atoms with van der Waals surface area (Å²) >= 11 is 5.87. The zero-order valence-corrected chi connectivity index (χ0v) is 13.2. The molecule has 0 saturated heterocycles. The van der Waals surface area contributed by atoms with Gasteiger partial charge >= 0.3 is 0 Å². The van der Waals surface area contributed by atoms with Crippen LogP contribution < -0.4 is 10.1 Å². The predicted molar refractivity (Wildman–Crippen MR) is 86.1 cm³/mol. The molecule has 0 aromatic heterocycles. The van der Waals surface area contributed by atoms with E-state index in [9.17, 15) is 9.18 Å². The molecule has 0 heterocycles. The van der Waals surface area contributed by atoms with Crippen molar-refractivity contribution in [2.24, 2.45) is 5.92 Å². The van der Waals surface area contributed by atoms with Gasteiger partial charge in [-0.3, -0.25) is 4.79 Å². The standard InChI is InChI=1S/C17H17ClFNO2/c1-11(2)10-22-13-8-6-12(7-9-13)20-17(21)16-14(18)4-3-5-15(16)19/h3-9,11H,10H2,1-2H3,(H,20,21). The molecular formula is C17H17ClFNO2. The largest absolute Gasteiger partial charge is 0.493 e. The second-order valence-electron chi connectivity index (χ2n) is 5.28. The van der Waals surface area contributed by atoms with Crippen molar-refractivity contribution in [1.29, 1.82) is 0 Å². The number of hydrogen-bond acceptors (Lipinski definition) is 2. The van der Waals surface area contributed by atoms with E-state index in [1.165, 1.54) is 18.2 Å². The Bertz CT molecular complexity index is 636. The van der Waals surface area contributed by atoms with Crippen LogP contribution in [0.25, 0.3) is 0 Å². The molecule has 5 heteroatoms. The Labute approximate surface area is 134 Å². The number of ether oxygens (including phenoxy) is 1. The Kier molecular flexibility index (Phi) is 5.39. The first-order valence-electron chi connectivity index (χ1n) is 6.95. The summed E-state index contributed by atoms with van der Waals surface area (Å²) in [7, 11) is 0. The molecule has 0 aliphatic rings. The number of halogens is 2. The van der Waals surface area contributed by atoms with E-state index in [-0.39, 0.29) is 10.6 Å². The van der Waals surface area contributed by atoms with Gasteiger partial charge in [-0.05, 0) is 42.3 Å². The summed E-state index contributed by atoms with van der Waals surface area (Å²) in [5, 5.41) is 2.69. The number of hydrogen-bond donors (Lipinski definition) is 1. The fraction of sp³-hybridized carbons (Fsp3) is 0.235. The van der Waals surface area contributed by atoms with Gasteiger partial charge in [0.25, 0.3) is 5.91 Å². The Balaban J connectivity index is 2.06. The van der Waals surface area contributed by atoms with E-state index in [0.717, 1.165) is 5.75 Å². The highest BCUT2D eigenvalue weighted by atomic mass is 35.5. The average molecular weight is 322 g/mol. The highest BCUT2D eigenvalue weighted by Crippen LogP contribution is 2.22. The van der Waals surface area contributed by atoms with Crippen LogP contribution in [0.5, 0.6) is 5.75 Å². The third-order valence-corrected chi connectivity index (χ3v) is 3.20. The highest BCUT2D eigenvalue weighted by Gasteiger charge is 2.15. The lowest BCUT2D eigenvalue weighted by Crippen LogP contribution is -2.14. The van der Waals surface area contributed by atoms with Crippen LogP contribution in [0.4, 0.5) is 10.1 Å². The molecule has 0 spiro atoms. The van der Waals surface area contributed by atoms with E-state index < -0.39 is 11.7 Å². The number of carbonyl (C=O) groups is 1. The van der Waals surface area contributed by atoms with Gasteiger partial charge < -0.3 is 10.1 Å². The molecular weight excluding hydrogens is 305 g/mol. The van der Waals surface area contributed by atoms with Gasteiger partial charge in [-0.25, -0.2) is 4.39 Å². The maximum atomic E-state index is 13.7. The van der Waals surface area contributed by atoms with Crippen LogP contribution in [0.15, 0.2) is 42.5 Å². The average Bonchev–Trinajstić information content (AvgIpc) is 2.46. The fourth-order valence-electron chi connectivity index (χ4n) is 1.81. The van der Waals surface area contributed by atoms with Crippen molar-refractivity contribution in [3.8, 4) is 5.75 Å². The Hall–Kier alpha value is -2.07. The highest BCUT2D eigenvalue weighted by molar-refractivity contribution is 6.34. The first kappa shape index (κ1) is 16.3. The van der Waals surface area contributed by atoms with Gasteiger partial charge in [0.2, 0.25) is 0 Å². The lowest BCUT2D eigenvalue weighted by molar-refractivity contribution is 0.102. The molecule has 0 aliphatic carbocycles. The topological polar surface area (TPSA) is 38.3 Å². The smallest absolute Gasteiger partial charge is 0.260 e. The van der Waals surface area contributed by atoms with Crippen LogP contribution in [0.1, 0.15) is 24.2 Å². The second kappa shape index (κ2) is 7.27. The monoisotopic (exact) mass is 321 g/mol. The number of benzene rings is 2. The van der Waals surface area contributed by atoms with E-state index in [2.05, 4.69) is 19.2 Å². The maximum absolute atomic E-state index is 13.7. The summed E-state index contributed by atoms with van der Waals surface area (Å²) in [4.78, 5) is 12.1. The van der Waals surface area contributed by atoms with Gasteiger partial charge in [0, 0.05) is 5.69 Å². The van der Waals surface area contributed by atoms with Gasteiger partial charge in [-0.1, -0.05) is 31.5 Å². The van der Waals surface area contributed by atoms with Crippen molar-refractivity contribution >= 4 is 23.2 Å². The molecule has 0 fully saturated rings. The van der Waals surface area contributed by atoms with Crippen LogP contribution in [-0.4, -0.2) is 12.5 Å². The molecule has 1 N–H and O–H groups in total. The molecule has 116 valence electrons. The van der Waals surface area contributed by atoms with Crippen molar-refractivity contribution in [2.75, 3.05) is 11.9 Å². The summed E-state index contributed by atoms with van der Waals surface area (Å²) in [6.07, 6.45) is 0. The molecule has 2 aromatic rings. The molecule has 0 bridgehead atoms. The third-order valence-electron chi connectivity index (χ3n) is 2.89. The quantitative estimate of drug-likeness (QED) is 0.861. The van der Waals surface area contributed by atoms with Crippen LogP contribution in [0.2, 0.25) is 5.02 Å². The number of nitrogens with one attached hydrogen (secondary N) is 1. The fourth-order valence-corrected chi connectivity index (χ4v) is 2.05. The van der Waals surface area contributed by atoms with E-state index >= 15 is 0 Å². The lowest BCUT2D eigenvalue weighted by atomic mass is 10.2. The Morgan fingerprint density at radius 3 is 2.50 bits per heavy atom. The number of anilines is 1. The molecule has 0 aliphatic heterocycles. The Morgan fingerprint density at radius 1 is 1.23 bits per heavy atom. The predicted octanol–water partition coefficient (Wildman–Crippen LogP) is 4.77. The summed E-state index contributed by atoms with van der Waals surface area (Å²) in [5.41, 5.74) is 0.380. The van der Waals surface area contributed by atoms with Crippen LogP contribution in [0.3, 0.4) is 0 Å². The van der Waals surface area contributed by atoms with Crippen LogP contribution in [-0.2, 0) is 0 Å². The Morgan fingerprint density at radius 2 is 1.91 bits per heavy atom. The maximum Gasteiger partial charge on any atom is 0.260 e. The second-order valence-corrected chi connectivity index (χ2v) is 5.69. The normalized spacial score (nSPS) is 10.6. The first-order chi connectivity index (χ1) is 10.5. The number of rotatable bonds is 5. The zero-order chi connectivity index (χ0) is 16.1. The van der Waals surface area contributed by atoms with Gasteiger partial charge in [-0.2, -0.15) is 0 Å². The summed E-state index contributed by atoms with van der Waals surface area (Å²) in [6.45, 7) is 4.75. The molecule has 2 aromatic carbocycles. The molecule has 3 nitrogen and oxygen atoms in total. The van der Waals surface area contributed by atoms with Crippen molar-refractivity contribution in [3.63, 3.8) is 0 Å². The van der Waals surface area contributed by atoms with Gasteiger partial charge in [0.05, 0.1) is 17.2 Å². The van der Waals surface area contributed by atoms with Crippen LogP contribution in [0, 0.1) is 11.7 Å². The third kappa shape index (κ3) is 4.21. The van der Waals surface area contributed by atoms with Gasteiger partial charge in [0.15, 0.2) is 0 Å². The van der Waals surface area contributed by atoms with Crippen molar-refractivity contribution in [2.45, 2.75) is 13.8 Å². The zero-order valence-electron chi connectivity index (χ0n) is 12.4. The molecule has 0 saturated carbocycles. The van der Waals surface area contributed by atoms with E-state index in [1.54, 1.807) is 24.3 Å². The minimum absolute atomic E-state index is 0.0781. The van der Waals surface area contributed by atoms with Crippen LogP contribution >= 0.6 is 11.6 Å². The van der Waals surface area contributed by atoms with E-state index in [0.29, 0.717) is 18.2 Å². The van der Waals surface area contributed by atoms with Crippen molar-refractivity contribution < 1.29 is 13.9 Å². The minimum Gasteiger partial charge on any atom is -0.493 e. The summed E-state index contributed by atoms with van der Waals surface area (Å²) in [6, 6.07) is 11.0. The van der Waals surface area contributed by atoms with Gasteiger partial charge in [-0.15, -0.1) is 0 Å². The first-order valence-corrected chi connectivity index (χ1v) is 7.33.